The molecule has 0 aromatic carbocycles. The zero-order chi connectivity index (χ0) is 14.5. The molecule has 106 valence electrons. The number of aromatic amines is 1. The Balaban J connectivity index is 1.78. The molecule has 0 spiro atoms. The number of hydrogen-bond acceptors (Lipinski definition) is 7. The summed E-state index contributed by atoms with van der Waals surface area (Å²) in [6.07, 6.45) is 4.71. The molecule has 3 aromatic heterocycles. The zero-order valence-corrected chi connectivity index (χ0v) is 11.4. The van der Waals surface area contributed by atoms with E-state index in [-0.39, 0.29) is 0 Å². The number of H-pyrrole nitrogens is 1. The van der Waals surface area contributed by atoms with Gasteiger partial charge in [-0.25, -0.2) is 20.1 Å². The van der Waals surface area contributed by atoms with Crippen LogP contribution in [-0.4, -0.2) is 36.7 Å². The summed E-state index contributed by atoms with van der Waals surface area (Å²) in [5.74, 6) is 2.02. The Hall–Kier alpha value is -3.03. The molecule has 3 N–H and O–H groups in total. The maximum Gasteiger partial charge on any atom is 0.224 e. The van der Waals surface area contributed by atoms with Crippen molar-refractivity contribution < 1.29 is 0 Å². The number of rotatable bonds is 5. The van der Waals surface area contributed by atoms with Crippen LogP contribution in [0.25, 0.3) is 11.3 Å². The number of nitrogens with zero attached hydrogens (tertiary/aromatic N) is 5. The van der Waals surface area contributed by atoms with Crippen LogP contribution in [0.2, 0.25) is 0 Å². The molecule has 0 bridgehead atoms. The predicted octanol–water partition coefficient (Wildman–Crippen LogP) is 1.83. The van der Waals surface area contributed by atoms with Crippen LogP contribution in [0.3, 0.4) is 0 Å². The molecule has 0 unspecified atom stereocenters. The summed E-state index contributed by atoms with van der Waals surface area (Å²) in [6, 6.07) is 5.68. The minimum atomic E-state index is 0.548. The lowest BCUT2D eigenvalue weighted by Crippen LogP contribution is -2.00. The highest BCUT2D eigenvalue weighted by molar-refractivity contribution is 5.63. The Morgan fingerprint density at radius 2 is 2.00 bits per heavy atom. The summed E-state index contributed by atoms with van der Waals surface area (Å²) in [4.78, 5) is 16.7. The summed E-state index contributed by atoms with van der Waals surface area (Å²) < 4.78 is 0. The first-order valence-corrected chi connectivity index (χ1v) is 6.50. The number of aromatic nitrogens is 6. The smallest absolute Gasteiger partial charge is 0.224 e. The van der Waals surface area contributed by atoms with Crippen LogP contribution in [-0.2, 0) is 0 Å². The Labute approximate surface area is 121 Å². The molecular formula is C13H14N8. The molecule has 0 radical (unpaired) electrons. The third-order valence-corrected chi connectivity index (χ3v) is 2.75. The van der Waals surface area contributed by atoms with Gasteiger partial charge in [0.1, 0.15) is 24.3 Å². The minimum absolute atomic E-state index is 0.548. The van der Waals surface area contributed by atoms with Crippen molar-refractivity contribution in [3.05, 3.63) is 37.1 Å². The molecule has 0 saturated heterocycles. The lowest BCUT2D eigenvalue weighted by Gasteiger charge is -2.06. The highest BCUT2D eigenvalue weighted by Gasteiger charge is 2.03. The Morgan fingerprint density at radius 3 is 2.71 bits per heavy atom. The van der Waals surface area contributed by atoms with Gasteiger partial charge in [0.15, 0.2) is 0 Å². The van der Waals surface area contributed by atoms with Crippen molar-refractivity contribution >= 4 is 17.6 Å². The Morgan fingerprint density at radius 1 is 1.05 bits per heavy atom. The van der Waals surface area contributed by atoms with Crippen LogP contribution in [0.4, 0.5) is 17.6 Å². The second-order valence-corrected chi connectivity index (χ2v) is 4.21. The van der Waals surface area contributed by atoms with E-state index in [4.69, 9.17) is 0 Å². The molecule has 0 aliphatic rings. The average Bonchev–Trinajstić information content (AvgIpc) is 3.02. The van der Waals surface area contributed by atoms with E-state index >= 15 is 0 Å². The van der Waals surface area contributed by atoms with Crippen molar-refractivity contribution in [3.63, 3.8) is 0 Å². The van der Waals surface area contributed by atoms with Gasteiger partial charge in [-0.1, -0.05) is 0 Å². The fraction of sp³-hybridized carbons (Fsp3) is 0.154. The number of hydrogen-bond donors (Lipinski definition) is 3. The highest BCUT2D eigenvalue weighted by Crippen LogP contribution is 2.19. The predicted molar refractivity (Wildman–Crippen MR) is 79.1 cm³/mol. The minimum Gasteiger partial charge on any atom is -0.370 e. The van der Waals surface area contributed by atoms with Crippen molar-refractivity contribution in [1.29, 1.82) is 0 Å². The molecule has 3 heterocycles. The third kappa shape index (κ3) is 3.11. The third-order valence-electron chi connectivity index (χ3n) is 2.75. The van der Waals surface area contributed by atoms with Gasteiger partial charge in [-0.15, -0.1) is 0 Å². The van der Waals surface area contributed by atoms with Gasteiger partial charge in [0.05, 0.1) is 5.69 Å². The van der Waals surface area contributed by atoms with Gasteiger partial charge in [0, 0.05) is 24.4 Å². The quantitative estimate of drug-likeness (QED) is 0.655. The molecule has 8 heteroatoms. The fourth-order valence-corrected chi connectivity index (χ4v) is 1.80. The molecule has 3 rings (SSSR count). The number of nitrogens with one attached hydrogen (secondary N) is 3. The Kier molecular flexibility index (Phi) is 3.68. The van der Waals surface area contributed by atoms with Crippen molar-refractivity contribution in [2.75, 3.05) is 17.2 Å². The first-order valence-electron chi connectivity index (χ1n) is 6.50. The van der Waals surface area contributed by atoms with Gasteiger partial charge in [-0.2, -0.15) is 10.1 Å². The van der Waals surface area contributed by atoms with E-state index in [9.17, 15) is 0 Å². The zero-order valence-electron chi connectivity index (χ0n) is 11.4. The summed E-state index contributed by atoms with van der Waals surface area (Å²) >= 11 is 0. The van der Waals surface area contributed by atoms with E-state index in [2.05, 4.69) is 40.8 Å². The van der Waals surface area contributed by atoms with Gasteiger partial charge >= 0.3 is 0 Å². The molecular weight excluding hydrogens is 268 g/mol. The van der Waals surface area contributed by atoms with E-state index in [0.717, 1.165) is 23.6 Å². The summed E-state index contributed by atoms with van der Waals surface area (Å²) in [6.45, 7) is 2.84. The van der Waals surface area contributed by atoms with Crippen LogP contribution in [0.15, 0.2) is 37.1 Å². The molecule has 0 aliphatic heterocycles. The second kappa shape index (κ2) is 5.95. The van der Waals surface area contributed by atoms with Gasteiger partial charge in [0.25, 0.3) is 0 Å². The summed E-state index contributed by atoms with van der Waals surface area (Å²) in [7, 11) is 0. The highest BCUT2D eigenvalue weighted by atomic mass is 15.3. The maximum atomic E-state index is 4.33. The lowest BCUT2D eigenvalue weighted by molar-refractivity contribution is 1.09. The van der Waals surface area contributed by atoms with Gasteiger partial charge in [-0.3, -0.25) is 0 Å². The van der Waals surface area contributed by atoms with E-state index in [1.165, 1.54) is 12.7 Å². The normalized spacial score (nSPS) is 10.3. The van der Waals surface area contributed by atoms with Gasteiger partial charge in [-0.05, 0) is 19.1 Å². The van der Waals surface area contributed by atoms with Crippen molar-refractivity contribution in [2.24, 2.45) is 0 Å². The monoisotopic (exact) mass is 282 g/mol. The second-order valence-electron chi connectivity index (χ2n) is 4.21. The lowest BCUT2D eigenvalue weighted by atomic mass is 10.2. The maximum absolute atomic E-state index is 4.33. The largest absolute Gasteiger partial charge is 0.370 e. The van der Waals surface area contributed by atoms with E-state index in [1.807, 2.05) is 25.1 Å². The molecule has 0 aliphatic carbocycles. The molecule has 0 fully saturated rings. The fourth-order valence-electron chi connectivity index (χ4n) is 1.80. The molecule has 3 aromatic rings. The number of pyridine rings is 1. The number of anilines is 3. The topological polar surface area (TPSA) is 104 Å². The van der Waals surface area contributed by atoms with Crippen LogP contribution in [0.5, 0.6) is 0 Å². The molecule has 8 nitrogen and oxygen atoms in total. The van der Waals surface area contributed by atoms with Crippen molar-refractivity contribution in [2.45, 2.75) is 6.92 Å². The van der Waals surface area contributed by atoms with Crippen LogP contribution in [0.1, 0.15) is 6.92 Å². The first-order chi connectivity index (χ1) is 10.3. The van der Waals surface area contributed by atoms with E-state index in [1.54, 1.807) is 6.20 Å². The molecule has 0 amide bonds. The standard InChI is InChI=1S/C13H14N8/c1-2-14-12-5-10(16-7-17-12)9-3-4-11(15-6-9)20-13-18-8-19-21-13/h3-8H,2H2,1H3,(H,14,16,17)(H2,15,18,19,20,21). The van der Waals surface area contributed by atoms with E-state index < -0.39 is 0 Å². The SMILES string of the molecule is CCNc1cc(-c2ccc(Nc3ncn[nH]3)nc2)ncn1. The molecule has 0 saturated carbocycles. The first kappa shape index (κ1) is 13.0. The van der Waals surface area contributed by atoms with Crippen LogP contribution >= 0.6 is 0 Å². The van der Waals surface area contributed by atoms with Crippen LogP contribution in [0, 0.1) is 0 Å². The van der Waals surface area contributed by atoms with Gasteiger partial charge < -0.3 is 10.6 Å². The molecule has 0 atom stereocenters. The van der Waals surface area contributed by atoms with Crippen molar-refractivity contribution in [3.8, 4) is 11.3 Å². The summed E-state index contributed by atoms with van der Waals surface area (Å²) in [5, 5.41) is 12.6. The van der Waals surface area contributed by atoms with Gasteiger partial charge in [0.2, 0.25) is 5.95 Å². The van der Waals surface area contributed by atoms with E-state index in [0.29, 0.717) is 11.8 Å². The average molecular weight is 282 g/mol. The Bertz CT molecular complexity index is 692. The molecule has 21 heavy (non-hydrogen) atoms. The summed E-state index contributed by atoms with van der Waals surface area (Å²) in [5.41, 5.74) is 1.74. The van der Waals surface area contributed by atoms with Crippen LogP contribution < -0.4 is 10.6 Å². The van der Waals surface area contributed by atoms with Crippen molar-refractivity contribution in [1.82, 2.24) is 30.1 Å².